The van der Waals surface area contributed by atoms with Crippen LogP contribution in [0.25, 0.3) is 0 Å². The van der Waals surface area contributed by atoms with Crippen LogP contribution in [0.4, 0.5) is 5.69 Å². The van der Waals surface area contributed by atoms with Gasteiger partial charge in [-0.25, -0.2) is 0 Å². The van der Waals surface area contributed by atoms with E-state index in [-0.39, 0.29) is 29.5 Å². The van der Waals surface area contributed by atoms with Crippen molar-refractivity contribution in [3.63, 3.8) is 0 Å². The minimum atomic E-state index is -0.692. The first-order chi connectivity index (χ1) is 9.38. The molecular weight excluding hydrogens is 286 g/mol. The van der Waals surface area contributed by atoms with Crippen molar-refractivity contribution in [3.05, 3.63) is 38.9 Å². The second kappa shape index (κ2) is 6.85. The van der Waals surface area contributed by atoms with Crippen molar-refractivity contribution in [3.8, 4) is 0 Å². The molecule has 0 aliphatic carbocycles. The zero-order valence-electron chi connectivity index (χ0n) is 11.1. The molecule has 1 aromatic carbocycles. The Morgan fingerprint density at radius 1 is 1.45 bits per heavy atom. The van der Waals surface area contributed by atoms with E-state index in [2.05, 4.69) is 5.32 Å². The normalized spacial score (nSPS) is 9.95. The second-order valence-electron chi connectivity index (χ2n) is 4.04. The van der Waals surface area contributed by atoms with Gasteiger partial charge >= 0.3 is 5.69 Å². The van der Waals surface area contributed by atoms with Crippen molar-refractivity contribution < 1.29 is 14.5 Å². The summed E-state index contributed by atoms with van der Waals surface area (Å²) in [5, 5.41) is 13.3. The highest BCUT2D eigenvalue weighted by molar-refractivity contribution is 6.33. The summed E-state index contributed by atoms with van der Waals surface area (Å²) in [6, 6.07) is 4.15. The highest BCUT2D eigenvalue weighted by atomic mass is 35.5. The zero-order valence-corrected chi connectivity index (χ0v) is 11.8. The van der Waals surface area contributed by atoms with Gasteiger partial charge in [-0.3, -0.25) is 19.7 Å². The summed E-state index contributed by atoms with van der Waals surface area (Å²) in [6.45, 7) is 0.155. The first-order valence-corrected chi connectivity index (χ1v) is 6.15. The molecule has 0 saturated carbocycles. The smallest absolute Gasteiger partial charge is 0.300 e. The lowest BCUT2D eigenvalue weighted by atomic mass is 10.1. The van der Waals surface area contributed by atoms with Crippen molar-refractivity contribution in [2.45, 2.75) is 6.42 Å². The Morgan fingerprint density at radius 2 is 2.10 bits per heavy atom. The van der Waals surface area contributed by atoms with E-state index in [0.29, 0.717) is 0 Å². The number of halogens is 1. The molecule has 20 heavy (non-hydrogen) atoms. The minimum absolute atomic E-state index is 0.0955. The van der Waals surface area contributed by atoms with Crippen LogP contribution in [0.15, 0.2) is 18.2 Å². The highest BCUT2D eigenvalue weighted by Crippen LogP contribution is 2.28. The fourth-order valence-electron chi connectivity index (χ4n) is 1.57. The third-order valence-corrected chi connectivity index (χ3v) is 3.00. The molecule has 0 bridgehead atoms. The van der Waals surface area contributed by atoms with E-state index >= 15 is 0 Å². The van der Waals surface area contributed by atoms with Gasteiger partial charge in [0, 0.05) is 27.1 Å². The van der Waals surface area contributed by atoms with Gasteiger partial charge in [-0.15, -0.1) is 0 Å². The fourth-order valence-corrected chi connectivity index (χ4v) is 1.82. The number of carbonyl (C=O) groups is 2. The number of nitrogens with one attached hydrogen (secondary N) is 1. The molecule has 0 fully saturated rings. The molecule has 0 atom stereocenters. The van der Waals surface area contributed by atoms with Gasteiger partial charge in [0.05, 0.1) is 4.92 Å². The Kier molecular flexibility index (Phi) is 5.45. The second-order valence-corrected chi connectivity index (χ2v) is 4.45. The molecule has 0 aromatic heterocycles. The molecule has 0 aliphatic heterocycles. The fraction of sp³-hybridized carbons (Fsp3) is 0.333. The van der Waals surface area contributed by atoms with Crippen LogP contribution in [-0.2, 0) is 4.79 Å². The van der Waals surface area contributed by atoms with Crippen molar-refractivity contribution >= 4 is 29.1 Å². The van der Waals surface area contributed by atoms with Gasteiger partial charge in [-0.2, -0.15) is 0 Å². The van der Waals surface area contributed by atoms with Gasteiger partial charge < -0.3 is 10.2 Å². The largest absolute Gasteiger partial charge is 0.359 e. The van der Waals surface area contributed by atoms with Gasteiger partial charge in [0.25, 0.3) is 5.91 Å². The van der Waals surface area contributed by atoms with Gasteiger partial charge in [0.1, 0.15) is 10.6 Å². The van der Waals surface area contributed by atoms with Gasteiger partial charge in [0.2, 0.25) is 5.91 Å². The SMILES string of the molecule is CNC(=O)CCN(C)C(=O)c1cccc(Cl)c1[N+](=O)[O-]. The molecular formula is C12H14ClN3O4. The minimum Gasteiger partial charge on any atom is -0.359 e. The molecule has 0 radical (unpaired) electrons. The zero-order chi connectivity index (χ0) is 15.3. The average molecular weight is 300 g/mol. The van der Waals surface area contributed by atoms with E-state index in [0.717, 1.165) is 0 Å². The van der Waals surface area contributed by atoms with Crippen molar-refractivity contribution in [2.75, 3.05) is 20.6 Å². The monoisotopic (exact) mass is 299 g/mol. The quantitative estimate of drug-likeness (QED) is 0.658. The maximum absolute atomic E-state index is 12.2. The molecule has 1 rings (SSSR count). The molecule has 7 nitrogen and oxygen atoms in total. The Labute approximate surface area is 120 Å². The van der Waals surface area contributed by atoms with E-state index in [1.807, 2.05) is 0 Å². The van der Waals surface area contributed by atoms with Crippen LogP contribution in [0.2, 0.25) is 5.02 Å². The number of nitro benzene ring substituents is 1. The third kappa shape index (κ3) is 3.67. The van der Waals surface area contributed by atoms with E-state index in [1.165, 1.54) is 37.2 Å². The van der Waals surface area contributed by atoms with Crippen molar-refractivity contribution in [1.29, 1.82) is 0 Å². The summed E-state index contributed by atoms with van der Waals surface area (Å²) in [7, 11) is 2.96. The Bertz CT molecular complexity index is 548. The molecule has 0 saturated heterocycles. The van der Waals surface area contributed by atoms with Crippen molar-refractivity contribution in [1.82, 2.24) is 10.2 Å². The molecule has 8 heteroatoms. The summed E-state index contributed by atoms with van der Waals surface area (Å²) in [5.41, 5.74) is -0.520. The van der Waals surface area contributed by atoms with Crippen molar-refractivity contribution in [2.24, 2.45) is 0 Å². The molecule has 0 aliphatic rings. The molecule has 0 unspecified atom stereocenters. The Morgan fingerprint density at radius 3 is 2.65 bits per heavy atom. The summed E-state index contributed by atoms with van der Waals surface area (Å²) in [4.78, 5) is 34.8. The molecule has 0 spiro atoms. The van der Waals surface area contributed by atoms with Crippen LogP contribution in [-0.4, -0.2) is 42.3 Å². The van der Waals surface area contributed by atoms with Crippen LogP contribution >= 0.6 is 11.6 Å². The van der Waals surface area contributed by atoms with Gasteiger partial charge in [0.15, 0.2) is 0 Å². The molecule has 2 amide bonds. The lowest BCUT2D eigenvalue weighted by Gasteiger charge is -2.16. The van der Waals surface area contributed by atoms with E-state index < -0.39 is 16.5 Å². The molecule has 1 N–H and O–H groups in total. The number of hydrogen-bond donors (Lipinski definition) is 1. The number of carbonyl (C=O) groups excluding carboxylic acids is 2. The predicted molar refractivity (Wildman–Crippen MR) is 73.8 cm³/mol. The number of nitro groups is 1. The topological polar surface area (TPSA) is 92.6 Å². The standard InChI is InChI=1S/C12H14ClN3O4/c1-14-10(17)6-7-15(2)12(18)8-4-3-5-9(13)11(8)16(19)20/h3-5H,6-7H2,1-2H3,(H,14,17). The van der Waals surface area contributed by atoms with E-state index in [9.17, 15) is 19.7 Å². The highest BCUT2D eigenvalue weighted by Gasteiger charge is 2.25. The van der Waals surface area contributed by atoms with Crippen LogP contribution in [0, 0.1) is 10.1 Å². The first kappa shape index (κ1) is 15.9. The summed E-state index contributed by atoms with van der Waals surface area (Å²) < 4.78 is 0. The van der Waals surface area contributed by atoms with E-state index in [1.54, 1.807) is 0 Å². The van der Waals surface area contributed by atoms with E-state index in [4.69, 9.17) is 11.6 Å². The number of para-hydroxylation sites is 1. The first-order valence-electron chi connectivity index (χ1n) is 5.77. The maximum atomic E-state index is 12.2. The van der Waals surface area contributed by atoms with Crippen LogP contribution < -0.4 is 5.32 Å². The molecule has 108 valence electrons. The number of nitrogens with zero attached hydrogens (tertiary/aromatic N) is 2. The van der Waals surface area contributed by atoms with Crippen LogP contribution in [0.5, 0.6) is 0 Å². The lowest BCUT2D eigenvalue weighted by molar-refractivity contribution is -0.385. The lowest BCUT2D eigenvalue weighted by Crippen LogP contribution is -2.31. The third-order valence-electron chi connectivity index (χ3n) is 2.70. The number of benzene rings is 1. The molecule has 0 heterocycles. The Balaban J connectivity index is 2.95. The van der Waals surface area contributed by atoms with Crippen LogP contribution in [0.3, 0.4) is 0 Å². The summed E-state index contributed by atoms with van der Waals surface area (Å²) in [6.07, 6.45) is 0.118. The number of hydrogen-bond acceptors (Lipinski definition) is 4. The maximum Gasteiger partial charge on any atom is 0.300 e. The Hall–Kier alpha value is -2.15. The number of amides is 2. The van der Waals surface area contributed by atoms with Crippen LogP contribution in [0.1, 0.15) is 16.8 Å². The predicted octanol–water partition coefficient (Wildman–Crippen LogP) is 1.46. The summed E-state index contributed by atoms with van der Waals surface area (Å²) >= 11 is 5.75. The number of rotatable bonds is 5. The summed E-state index contributed by atoms with van der Waals surface area (Å²) in [5.74, 6) is -0.770. The molecule has 1 aromatic rings. The van der Waals surface area contributed by atoms with Gasteiger partial charge in [-0.05, 0) is 12.1 Å². The average Bonchev–Trinajstić information content (AvgIpc) is 2.42. The van der Waals surface area contributed by atoms with Gasteiger partial charge in [-0.1, -0.05) is 17.7 Å².